The van der Waals surface area contributed by atoms with E-state index in [0.717, 1.165) is 40.4 Å². The second-order valence-corrected chi connectivity index (χ2v) is 56.1. The number of esters is 8. The number of carbonyl (C=O) groups is 8. The molecule has 0 radical (unpaired) electrons. The van der Waals surface area contributed by atoms with E-state index < -0.39 is 112 Å². The van der Waals surface area contributed by atoms with E-state index in [4.69, 9.17) is 23.7 Å². The van der Waals surface area contributed by atoms with E-state index >= 15 is 4.39 Å². The zero-order valence-corrected chi connectivity index (χ0v) is 96.9. The molecule has 4 aromatic heterocycles. The van der Waals surface area contributed by atoms with Crippen LogP contribution in [-0.4, -0.2) is 137 Å². The maximum absolute atomic E-state index is 15.1. The van der Waals surface area contributed by atoms with Gasteiger partial charge < -0.3 is 37.9 Å². The zero-order chi connectivity index (χ0) is 104. The van der Waals surface area contributed by atoms with Gasteiger partial charge in [0.05, 0.1) is 71.6 Å². The third-order valence-corrected chi connectivity index (χ3v) is 43.4. The molecule has 0 amide bonds. The second-order valence-electron chi connectivity index (χ2n) is 35.9. The number of ether oxygens (including phenoxy) is 8. The molecule has 0 spiro atoms. The Balaban J connectivity index is 0.000000308. The first-order valence-electron chi connectivity index (χ1n) is 45.2. The van der Waals surface area contributed by atoms with Crippen molar-refractivity contribution in [2.75, 3.05) is 28.4 Å². The molecule has 33 heteroatoms. The fourth-order valence-corrected chi connectivity index (χ4v) is 35.2. The molecule has 0 aliphatic rings. The molecule has 0 fully saturated rings. The number of halogens is 7. The summed E-state index contributed by atoms with van der Waals surface area (Å²) in [5, 5.41) is 4.51. The summed E-state index contributed by atoms with van der Waals surface area (Å²) in [4.78, 5) is 114. The zero-order valence-electron chi connectivity index (χ0n) is 83.0. The van der Waals surface area contributed by atoms with Crippen LogP contribution < -0.4 is 0 Å². The molecule has 141 heavy (non-hydrogen) atoms. The molecule has 12 aromatic rings. The fourth-order valence-electron chi connectivity index (χ4n) is 14.4. The summed E-state index contributed by atoms with van der Waals surface area (Å²) in [6.07, 6.45) is 8.17. The predicted octanol–water partition coefficient (Wildman–Crippen LogP) is 30.4. The van der Waals surface area contributed by atoms with Crippen molar-refractivity contribution in [3.63, 3.8) is 0 Å². The number of hydrogen-bond donors (Lipinski definition) is 0. The Morgan fingerprint density at radius 1 is 0.369 bits per heavy atom. The van der Waals surface area contributed by atoms with Crippen molar-refractivity contribution in [2.45, 2.75) is 223 Å². The number of aryl methyl sites for hydroxylation is 1. The van der Waals surface area contributed by atoms with Crippen molar-refractivity contribution >= 4 is 157 Å². The van der Waals surface area contributed by atoms with Crippen molar-refractivity contribution < 1.29 is 110 Å². The average molecular weight is 2360 g/mol. The first-order valence-corrected chi connectivity index (χ1v) is 65.2. The standard InChI is InChI=1S/C26H28FNO4S.C23H21BrFNO4S.C23H22FNO4S.C18H18FO2.C5H4BrNO2S.4C3H7.CH4.BrH.Sn.Zn/c1-6-9-22-21(28-23(33-22)25(30)31-5)15-17-13-12-16(14-20(17)27)18-10-7-8-11-19(18)24(29)32-26(2,3)4;1-23(2,3)30-21(27)16-8-6-5-7-15(16)13-9-10-14(17(25)11-13)12-18-19(24)31-20(26-18)22(28)29-4;1-23(2,3)29-21(26)18-8-6-5-7-17(18)14-9-10-15(19(24)12-14)11-16-13-30-20(25-16)22(27)28-4;1-12-9-10-13(11-16(12)19)14-7-5-6-8-15(14)17(20)21-18(2,3)4;1-9-5(8)4-7-3(6)2-10-4;4*1-3-2;;;;/h7-8,10-14H,6,9,15H2,1-5H3;5-11H,12H2,1-4H3;5-10,12-13H,11H2,1-4H3;5-11H,1H2,2-4H3;2H,1H3;4*1,3H2,2H3;1H4;1H;;/q;;;-1;;;;;;;;;+2/p-1. The molecule has 0 bridgehead atoms. The van der Waals surface area contributed by atoms with Crippen LogP contribution in [0.25, 0.3) is 44.5 Å². The summed E-state index contributed by atoms with van der Waals surface area (Å²) in [5.41, 5.74) is 7.32. The van der Waals surface area contributed by atoms with E-state index in [-0.39, 0.29) is 41.7 Å². The van der Waals surface area contributed by atoms with E-state index in [9.17, 15) is 51.5 Å². The molecule has 0 aliphatic carbocycles. The van der Waals surface area contributed by atoms with Gasteiger partial charge in [0.2, 0.25) is 20.0 Å². The number of benzene rings is 8. The van der Waals surface area contributed by atoms with Gasteiger partial charge >= 0.3 is 167 Å². The van der Waals surface area contributed by atoms with Gasteiger partial charge in [0.1, 0.15) is 44.5 Å². The van der Waals surface area contributed by atoms with Crippen LogP contribution in [0.5, 0.6) is 0 Å². The monoisotopic (exact) mass is 2360 g/mol. The van der Waals surface area contributed by atoms with Gasteiger partial charge in [-0.3, -0.25) is 4.39 Å². The van der Waals surface area contributed by atoms with Gasteiger partial charge in [-0.2, -0.15) is 18.6 Å². The molecular weight excluding hydrogens is 2240 g/mol. The van der Waals surface area contributed by atoms with Crippen LogP contribution in [0.4, 0.5) is 17.6 Å². The molecule has 0 aliphatic heterocycles. The van der Waals surface area contributed by atoms with Gasteiger partial charge in [-0.1, -0.05) is 147 Å². The third kappa shape index (κ3) is 38.8. The van der Waals surface area contributed by atoms with E-state index in [1.165, 1.54) is 117 Å². The summed E-state index contributed by atoms with van der Waals surface area (Å²) >= 11 is 14.0. The normalized spacial score (nSPS) is 11.0. The Morgan fingerprint density at radius 3 is 0.979 bits per heavy atom. The second kappa shape index (κ2) is 58.4. The minimum absolute atomic E-state index is 0. The third-order valence-electron chi connectivity index (χ3n) is 20.2. The van der Waals surface area contributed by atoms with Crippen molar-refractivity contribution in [1.29, 1.82) is 0 Å². The van der Waals surface area contributed by atoms with Crippen LogP contribution >= 0.6 is 90.8 Å². The number of methoxy groups -OCH3 is 4. The van der Waals surface area contributed by atoms with Crippen molar-refractivity contribution in [1.82, 2.24) is 19.9 Å². The van der Waals surface area contributed by atoms with E-state index in [0.29, 0.717) is 119 Å². The average Bonchev–Trinajstić information content (AvgIpc) is 1.49. The van der Waals surface area contributed by atoms with Gasteiger partial charge in [0, 0.05) is 40.7 Å². The molecular formula is C108H125Br3F4N4O16S4SnZn. The minimum atomic E-state index is -1.56. The van der Waals surface area contributed by atoms with Crippen LogP contribution in [0.1, 0.15) is 282 Å². The van der Waals surface area contributed by atoms with Crippen LogP contribution in [-0.2, 0) is 79.9 Å². The summed E-state index contributed by atoms with van der Waals surface area (Å²) < 4.78 is 107. The molecule has 0 saturated carbocycles. The van der Waals surface area contributed by atoms with Crippen LogP contribution in [0, 0.1) is 30.2 Å². The molecule has 0 atom stereocenters. The first-order chi connectivity index (χ1) is 66.1. The van der Waals surface area contributed by atoms with Crippen LogP contribution in [0.15, 0.2) is 189 Å². The quantitative estimate of drug-likeness (QED) is 0.0145. The number of thiazole rings is 4. The Labute approximate surface area is 880 Å². The summed E-state index contributed by atoms with van der Waals surface area (Å²) in [6, 6.07) is 47.2. The number of aromatic nitrogens is 4. The van der Waals surface area contributed by atoms with Crippen molar-refractivity contribution in [3.05, 3.63) is 306 Å². The number of hydrogen-bond acceptors (Lipinski definition) is 24. The van der Waals surface area contributed by atoms with Gasteiger partial charge in [-0.25, -0.2) is 71.5 Å². The van der Waals surface area contributed by atoms with Gasteiger partial charge in [-0.05, 0) is 225 Å². The first kappa shape index (κ1) is 122. The molecule has 0 N–H and O–H groups in total. The van der Waals surface area contributed by atoms with Crippen molar-refractivity contribution in [3.8, 4) is 44.5 Å². The molecule has 12 rings (SSSR count). The topological polar surface area (TPSA) is 262 Å². The van der Waals surface area contributed by atoms with Gasteiger partial charge in [0.15, 0.2) is 0 Å². The molecule has 8 aromatic carbocycles. The van der Waals surface area contributed by atoms with E-state index in [1.54, 1.807) is 236 Å². The molecule has 752 valence electrons. The predicted molar refractivity (Wildman–Crippen MR) is 566 cm³/mol. The maximum atomic E-state index is 15.1. The Kier molecular flexibility index (Phi) is 50.6. The summed E-state index contributed by atoms with van der Waals surface area (Å²) in [6.45, 7) is 36.8. The number of carbonyl (C=O) groups excluding carboxylic acids is 8. The molecule has 20 nitrogen and oxygen atoms in total. The number of nitrogens with zero attached hydrogens (tertiary/aromatic N) is 4. The molecule has 4 heterocycles. The van der Waals surface area contributed by atoms with Gasteiger partial charge in [-0.15, -0.1) is 40.1 Å². The Hall–Kier alpha value is -9.51. The van der Waals surface area contributed by atoms with Gasteiger partial charge in [0.25, 0.3) is 0 Å². The Bertz CT molecular complexity index is 6150. The molecule has 0 saturated heterocycles. The Morgan fingerprint density at radius 2 is 0.667 bits per heavy atom. The van der Waals surface area contributed by atoms with E-state index in [2.05, 4.69) is 114 Å². The van der Waals surface area contributed by atoms with Crippen LogP contribution in [0.2, 0.25) is 17.7 Å². The number of rotatable bonds is 28. The summed E-state index contributed by atoms with van der Waals surface area (Å²) in [7, 11) is 5.22. The van der Waals surface area contributed by atoms with Crippen LogP contribution in [0.3, 0.4) is 0 Å². The SMILES string of the molecule is C.CCCc1sc(C(=O)OC)nc1Cc1ccc(-c2ccccc2C(=O)OC(C)(C)C)cc1F.CC[CH2][Sn]([CH2]CC)([CH2]CC)[CH2]CC.COC(=O)c1nc(Br)cs1.COC(=O)c1nc(Cc2ccc(-c3ccccc3C(=O)OC(C)(C)C)cc2F)c(Br)s1.COC(=O)c1nc(Cc2ccc(-c3ccccc3C(=O)OC(C)(C)C)cc2F)cs1.[CH2-]c1ccc(-c2ccccc2C(=O)OC(C)(C)C)cc1F.[Zn+][Br]. The molecule has 0 unspecified atom stereocenters. The summed E-state index contributed by atoms with van der Waals surface area (Å²) in [5.74, 6) is -5.37. The fraction of sp³-hybridized carbons (Fsp3) is 0.361. The van der Waals surface area contributed by atoms with E-state index in [1.807, 2.05) is 27.7 Å². The van der Waals surface area contributed by atoms with Crippen molar-refractivity contribution in [2.24, 2.45) is 0 Å².